The molecule has 17 heavy (non-hydrogen) atoms. The van der Waals surface area contributed by atoms with E-state index in [1.807, 2.05) is 19.1 Å². The summed E-state index contributed by atoms with van der Waals surface area (Å²) in [7, 11) is 1.69. The van der Waals surface area contributed by atoms with Gasteiger partial charge in [0.05, 0.1) is 7.11 Å². The van der Waals surface area contributed by atoms with Crippen molar-refractivity contribution in [3.8, 4) is 5.75 Å². The highest BCUT2D eigenvalue weighted by atomic mass is 16.5. The lowest BCUT2D eigenvalue weighted by molar-refractivity contribution is 0.406. The molecule has 3 heteroatoms. The molecule has 1 rings (SSSR count). The van der Waals surface area contributed by atoms with Crippen LogP contribution in [-0.4, -0.2) is 19.7 Å². The Labute approximate surface area is 105 Å². The van der Waals surface area contributed by atoms with Crippen LogP contribution >= 0.6 is 0 Å². The molecule has 0 saturated heterocycles. The molecular weight excluding hydrogens is 212 g/mol. The molecule has 96 valence electrons. The van der Waals surface area contributed by atoms with Gasteiger partial charge in [0.15, 0.2) is 0 Å². The van der Waals surface area contributed by atoms with Gasteiger partial charge in [-0.25, -0.2) is 0 Å². The third-order valence-electron chi connectivity index (χ3n) is 2.99. The maximum Gasteiger partial charge on any atom is 0.125 e. The number of anilines is 1. The van der Waals surface area contributed by atoms with Crippen LogP contribution in [0.2, 0.25) is 0 Å². The smallest absolute Gasteiger partial charge is 0.125 e. The number of nitrogens with zero attached hydrogens (tertiary/aromatic N) is 1. The molecule has 0 radical (unpaired) electrons. The maximum atomic E-state index is 6.08. The standard InChI is InChI=1S/C14H24N2O/c1-6-16(10(2)3)12-8-7-9-13(17-5)14(12)11(4)15/h7-11H,6,15H2,1-5H3/t11-/m1/s1. The van der Waals surface area contributed by atoms with Crippen LogP contribution in [0, 0.1) is 0 Å². The summed E-state index contributed by atoms with van der Waals surface area (Å²) in [6.07, 6.45) is 0. The average molecular weight is 236 g/mol. The molecule has 3 nitrogen and oxygen atoms in total. The SMILES string of the molecule is CCN(c1cccc(OC)c1[C@@H](C)N)C(C)C. The van der Waals surface area contributed by atoms with E-state index in [-0.39, 0.29) is 6.04 Å². The number of ether oxygens (including phenoxy) is 1. The van der Waals surface area contributed by atoms with Crippen LogP contribution < -0.4 is 15.4 Å². The van der Waals surface area contributed by atoms with Crippen LogP contribution in [0.4, 0.5) is 5.69 Å². The van der Waals surface area contributed by atoms with E-state index in [1.165, 1.54) is 5.69 Å². The second kappa shape index (κ2) is 5.92. The normalized spacial score (nSPS) is 12.6. The molecule has 0 aliphatic rings. The van der Waals surface area contributed by atoms with E-state index in [0.29, 0.717) is 6.04 Å². The van der Waals surface area contributed by atoms with Gasteiger partial charge in [0.25, 0.3) is 0 Å². The van der Waals surface area contributed by atoms with Gasteiger partial charge >= 0.3 is 0 Å². The summed E-state index contributed by atoms with van der Waals surface area (Å²) in [6, 6.07) is 6.52. The molecule has 0 aliphatic heterocycles. The van der Waals surface area contributed by atoms with E-state index in [1.54, 1.807) is 7.11 Å². The first-order valence-electron chi connectivity index (χ1n) is 6.22. The Bertz CT molecular complexity index is 361. The van der Waals surface area contributed by atoms with Gasteiger partial charge in [0, 0.05) is 29.9 Å². The van der Waals surface area contributed by atoms with Crippen LogP contribution in [0.25, 0.3) is 0 Å². The van der Waals surface area contributed by atoms with Crippen molar-refractivity contribution in [3.05, 3.63) is 23.8 Å². The Kier molecular flexibility index (Phi) is 4.82. The third-order valence-corrected chi connectivity index (χ3v) is 2.99. The van der Waals surface area contributed by atoms with Crippen LogP contribution in [-0.2, 0) is 0 Å². The number of nitrogens with two attached hydrogens (primary N) is 1. The Morgan fingerprint density at radius 2 is 1.94 bits per heavy atom. The second-order valence-corrected chi connectivity index (χ2v) is 4.56. The molecule has 1 aromatic rings. The zero-order valence-electron chi connectivity index (χ0n) is 11.5. The van der Waals surface area contributed by atoms with Gasteiger partial charge in [0.1, 0.15) is 5.75 Å². The summed E-state index contributed by atoms with van der Waals surface area (Å²) in [5.41, 5.74) is 8.34. The predicted molar refractivity (Wildman–Crippen MR) is 73.8 cm³/mol. The maximum absolute atomic E-state index is 6.08. The second-order valence-electron chi connectivity index (χ2n) is 4.56. The Morgan fingerprint density at radius 1 is 1.29 bits per heavy atom. The number of benzene rings is 1. The summed E-state index contributed by atoms with van der Waals surface area (Å²) in [5, 5.41) is 0. The van der Waals surface area contributed by atoms with Gasteiger partial charge in [-0.1, -0.05) is 6.07 Å². The van der Waals surface area contributed by atoms with Crippen LogP contribution in [0.1, 0.15) is 39.3 Å². The van der Waals surface area contributed by atoms with Crippen LogP contribution in [0.15, 0.2) is 18.2 Å². The molecule has 0 heterocycles. The van der Waals surface area contributed by atoms with E-state index >= 15 is 0 Å². The topological polar surface area (TPSA) is 38.5 Å². The van der Waals surface area contributed by atoms with Crippen LogP contribution in [0.3, 0.4) is 0 Å². The van der Waals surface area contributed by atoms with Crippen molar-refractivity contribution in [1.82, 2.24) is 0 Å². The highest BCUT2D eigenvalue weighted by Crippen LogP contribution is 2.34. The number of hydrogen-bond donors (Lipinski definition) is 1. The number of hydrogen-bond acceptors (Lipinski definition) is 3. The molecule has 0 amide bonds. The van der Waals surface area contributed by atoms with Crippen molar-refractivity contribution in [2.45, 2.75) is 39.8 Å². The average Bonchev–Trinajstić information content (AvgIpc) is 2.28. The zero-order valence-corrected chi connectivity index (χ0v) is 11.5. The lowest BCUT2D eigenvalue weighted by atomic mass is 10.0. The van der Waals surface area contributed by atoms with E-state index in [2.05, 4.69) is 31.7 Å². The monoisotopic (exact) mass is 236 g/mol. The molecule has 0 aliphatic carbocycles. The summed E-state index contributed by atoms with van der Waals surface area (Å²) < 4.78 is 5.42. The molecule has 0 unspecified atom stereocenters. The third kappa shape index (κ3) is 2.91. The fraction of sp³-hybridized carbons (Fsp3) is 0.571. The van der Waals surface area contributed by atoms with Gasteiger partial charge in [-0.15, -0.1) is 0 Å². The first-order chi connectivity index (χ1) is 8.02. The van der Waals surface area contributed by atoms with Gasteiger partial charge in [-0.3, -0.25) is 0 Å². The predicted octanol–water partition coefficient (Wildman–Crippen LogP) is 2.95. The van der Waals surface area contributed by atoms with Gasteiger partial charge in [-0.2, -0.15) is 0 Å². The van der Waals surface area contributed by atoms with Gasteiger partial charge in [-0.05, 0) is 39.8 Å². The molecule has 1 aromatic carbocycles. The highest BCUT2D eigenvalue weighted by Gasteiger charge is 2.18. The lowest BCUT2D eigenvalue weighted by Gasteiger charge is -2.31. The summed E-state index contributed by atoms with van der Waals surface area (Å²) in [6.45, 7) is 9.49. The Morgan fingerprint density at radius 3 is 2.35 bits per heavy atom. The van der Waals surface area contributed by atoms with Gasteiger partial charge in [0.2, 0.25) is 0 Å². The molecule has 0 saturated carbocycles. The van der Waals surface area contributed by atoms with E-state index in [0.717, 1.165) is 17.9 Å². The van der Waals surface area contributed by atoms with Crippen molar-refractivity contribution in [3.63, 3.8) is 0 Å². The Balaban J connectivity index is 3.31. The fourth-order valence-corrected chi connectivity index (χ4v) is 2.23. The molecule has 0 fully saturated rings. The van der Waals surface area contributed by atoms with Crippen LogP contribution in [0.5, 0.6) is 5.75 Å². The number of methoxy groups -OCH3 is 1. The first-order valence-corrected chi connectivity index (χ1v) is 6.22. The van der Waals surface area contributed by atoms with Gasteiger partial charge < -0.3 is 15.4 Å². The Hall–Kier alpha value is -1.22. The van der Waals surface area contributed by atoms with Crippen molar-refractivity contribution in [2.75, 3.05) is 18.6 Å². The summed E-state index contributed by atoms with van der Waals surface area (Å²) in [5.74, 6) is 0.872. The molecule has 0 spiro atoms. The fourth-order valence-electron chi connectivity index (χ4n) is 2.23. The quantitative estimate of drug-likeness (QED) is 0.854. The minimum Gasteiger partial charge on any atom is -0.496 e. The molecule has 2 N–H and O–H groups in total. The molecule has 0 bridgehead atoms. The number of rotatable bonds is 5. The zero-order chi connectivity index (χ0) is 13.0. The van der Waals surface area contributed by atoms with Crippen molar-refractivity contribution in [2.24, 2.45) is 5.73 Å². The molecule has 1 atom stereocenters. The lowest BCUT2D eigenvalue weighted by Crippen LogP contribution is -2.32. The highest BCUT2D eigenvalue weighted by molar-refractivity contribution is 5.61. The summed E-state index contributed by atoms with van der Waals surface area (Å²) in [4.78, 5) is 2.33. The van der Waals surface area contributed by atoms with Crippen molar-refractivity contribution >= 4 is 5.69 Å². The first kappa shape index (κ1) is 13.8. The van der Waals surface area contributed by atoms with Crippen molar-refractivity contribution in [1.29, 1.82) is 0 Å². The molecule has 0 aromatic heterocycles. The minimum atomic E-state index is -0.0334. The summed E-state index contributed by atoms with van der Waals surface area (Å²) >= 11 is 0. The van der Waals surface area contributed by atoms with E-state index in [4.69, 9.17) is 10.5 Å². The van der Waals surface area contributed by atoms with Crippen molar-refractivity contribution < 1.29 is 4.74 Å². The van der Waals surface area contributed by atoms with E-state index < -0.39 is 0 Å². The minimum absolute atomic E-state index is 0.0334. The largest absolute Gasteiger partial charge is 0.496 e. The molecular formula is C14H24N2O. The van der Waals surface area contributed by atoms with E-state index in [9.17, 15) is 0 Å².